The van der Waals surface area contributed by atoms with E-state index in [4.69, 9.17) is 4.42 Å². The van der Waals surface area contributed by atoms with Crippen molar-refractivity contribution >= 4 is 82.4 Å². The first-order valence-corrected chi connectivity index (χ1v) is 22.2. The first-order chi connectivity index (χ1) is 32.2. The fourth-order valence-corrected chi connectivity index (χ4v) is 10.1. The predicted octanol–water partition coefficient (Wildman–Crippen LogP) is 17.5. The normalized spacial score (nSPS) is 11.7. The summed E-state index contributed by atoms with van der Waals surface area (Å²) in [6.45, 7) is 0. The molecule has 2 heterocycles. The van der Waals surface area contributed by atoms with Crippen LogP contribution in [0, 0.1) is 0 Å². The van der Waals surface area contributed by atoms with Crippen molar-refractivity contribution in [1.82, 2.24) is 4.57 Å². The number of para-hydroxylation sites is 3. The van der Waals surface area contributed by atoms with E-state index in [9.17, 15) is 0 Å². The van der Waals surface area contributed by atoms with Crippen LogP contribution in [0.3, 0.4) is 0 Å². The van der Waals surface area contributed by atoms with E-state index in [-0.39, 0.29) is 0 Å². The number of benzene rings is 11. The van der Waals surface area contributed by atoms with Gasteiger partial charge in [0.15, 0.2) is 0 Å². The standard InChI is InChI=1S/C62H40N2O/c1-2-21-51-46(14-1)39-58(53-23-4-3-22-52(51)53)45-17-13-19-49(38-45)63(48-18-12-16-43(37-48)44-32-35-57-56-26-7-10-29-61(56)65-62(57)40-44)47-33-30-41(31-34-47)42-15-11-20-50(36-42)64-59-27-8-5-24-54(59)55-25-6-9-28-60(55)64/h1-40H. The Balaban J connectivity index is 0.936. The van der Waals surface area contributed by atoms with Crippen LogP contribution in [0.1, 0.15) is 0 Å². The molecule has 65 heavy (non-hydrogen) atoms. The van der Waals surface area contributed by atoms with E-state index in [0.29, 0.717) is 0 Å². The molecule has 0 aliphatic carbocycles. The monoisotopic (exact) mass is 828 g/mol. The number of fused-ring (bicyclic) bond motifs is 9. The van der Waals surface area contributed by atoms with Gasteiger partial charge in [-0.1, -0.05) is 158 Å². The molecule has 0 aliphatic rings. The van der Waals surface area contributed by atoms with Crippen LogP contribution in [-0.4, -0.2) is 4.57 Å². The maximum absolute atomic E-state index is 6.35. The fraction of sp³-hybridized carbons (Fsp3) is 0. The van der Waals surface area contributed by atoms with Crippen LogP contribution >= 0.6 is 0 Å². The molecular weight excluding hydrogens is 789 g/mol. The molecule has 3 nitrogen and oxygen atoms in total. The summed E-state index contributed by atoms with van der Waals surface area (Å²) in [6.07, 6.45) is 0. The summed E-state index contributed by atoms with van der Waals surface area (Å²) in [4.78, 5) is 2.38. The van der Waals surface area contributed by atoms with E-state index in [2.05, 4.69) is 240 Å². The van der Waals surface area contributed by atoms with Gasteiger partial charge in [0.05, 0.1) is 11.0 Å². The molecule has 11 aromatic carbocycles. The van der Waals surface area contributed by atoms with Gasteiger partial charge in [0.2, 0.25) is 0 Å². The van der Waals surface area contributed by atoms with Gasteiger partial charge >= 0.3 is 0 Å². The second-order valence-electron chi connectivity index (χ2n) is 16.9. The van der Waals surface area contributed by atoms with Crippen LogP contribution in [0.5, 0.6) is 0 Å². The Bertz CT molecular complexity index is 3910. The van der Waals surface area contributed by atoms with Gasteiger partial charge in [-0.2, -0.15) is 0 Å². The van der Waals surface area contributed by atoms with E-state index >= 15 is 0 Å². The van der Waals surface area contributed by atoms with Gasteiger partial charge in [-0.05, 0) is 140 Å². The highest BCUT2D eigenvalue weighted by Gasteiger charge is 2.18. The number of aromatic nitrogens is 1. The average Bonchev–Trinajstić information content (AvgIpc) is 3.92. The van der Waals surface area contributed by atoms with Crippen molar-refractivity contribution in [3.8, 4) is 39.1 Å². The molecule has 0 saturated carbocycles. The Morgan fingerprint density at radius 3 is 1.58 bits per heavy atom. The number of nitrogens with zero attached hydrogens (tertiary/aromatic N) is 2. The van der Waals surface area contributed by atoms with Gasteiger partial charge in [-0.15, -0.1) is 0 Å². The lowest BCUT2D eigenvalue weighted by molar-refractivity contribution is 0.669. The molecule has 0 amide bonds. The van der Waals surface area contributed by atoms with Crippen LogP contribution in [-0.2, 0) is 0 Å². The van der Waals surface area contributed by atoms with Crippen LogP contribution in [0.25, 0.3) is 104 Å². The van der Waals surface area contributed by atoms with E-state index in [1.54, 1.807) is 0 Å². The molecule has 0 aliphatic heterocycles. The quantitative estimate of drug-likeness (QED) is 0.149. The second-order valence-corrected chi connectivity index (χ2v) is 16.9. The minimum atomic E-state index is 0.888. The van der Waals surface area contributed by atoms with E-state index in [1.807, 2.05) is 12.1 Å². The van der Waals surface area contributed by atoms with Crippen LogP contribution in [0.2, 0.25) is 0 Å². The Morgan fingerprint density at radius 1 is 0.292 bits per heavy atom. The first-order valence-electron chi connectivity index (χ1n) is 22.2. The molecular formula is C62H40N2O. The van der Waals surface area contributed by atoms with Crippen molar-refractivity contribution in [3.63, 3.8) is 0 Å². The number of furan rings is 1. The van der Waals surface area contributed by atoms with E-state index in [1.165, 1.54) is 54.5 Å². The zero-order chi connectivity index (χ0) is 42.8. The third kappa shape index (κ3) is 6.20. The molecule has 13 rings (SSSR count). The van der Waals surface area contributed by atoms with Crippen LogP contribution in [0.4, 0.5) is 17.1 Å². The minimum absolute atomic E-state index is 0.888. The topological polar surface area (TPSA) is 21.3 Å². The number of hydrogen-bond donors (Lipinski definition) is 0. The van der Waals surface area contributed by atoms with Crippen LogP contribution < -0.4 is 4.90 Å². The SMILES string of the molecule is c1cc(-c2ccc3c(c2)oc2ccccc23)cc(N(c2ccc(-c3cccc(-n4c5ccccc5c5ccccc54)c3)cc2)c2cccc(-c3cc4ccccc4c4ccccc34)c2)c1. The molecule has 0 unspecified atom stereocenters. The third-order valence-corrected chi connectivity index (χ3v) is 13.1. The summed E-state index contributed by atoms with van der Waals surface area (Å²) in [5.41, 5.74) is 15.5. The lowest BCUT2D eigenvalue weighted by atomic mass is 9.93. The predicted molar refractivity (Wildman–Crippen MR) is 274 cm³/mol. The molecule has 0 atom stereocenters. The molecule has 3 heteroatoms. The number of anilines is 3. The molecule has 0 N–H and O–H groups in total. The van der Waals surface area contributed by atoms with Gasteiger partial charge in [-0.3, -0.25) is 0 Å². The molecule has 13 aromatic rings. The van der Waals surface area contributed by atoms with Crippen molar-refractivity contribution in [3.05, 3.63) is 243 Å². The summed E-state index contributed by atoms with van der Waals surface area (Å²) < 4.78 is 8.73. The first kappa shape index (κ1) is 36.9. The van der Waals surface area contributed by atoms with Crippen molar-refractivity contribution < 1.29 is 4.42 Å². The highest BCUT2D eigenvalue weighted by molar-refractivity contribution is 6.14. The van der Waals surface area contributed by atoms with Gasteiger partial charge in [-0.25, -0.2) is 0 Å². The molecule has 0 saturated heterocycles. The van der Waals surface area contributed by atoms with Crippen molar-refractivity contribution in [2.45, 2.75) is 0 Å². The zero-order valence-corrected chi connectivity index (χ0v) is 35.4. The Hall–Kier alpha value is -8.66. The van der Waals surface area contributed by atoms with E-state index < -0.39 is 0 Å². The Kier molecular flexibility index (Phi) is 8.53. The van der Waals surface area contributed by atoms with Gasteiger partial charge in [0.25, 0.3) is 0 Å². The third-order valence-electron chi connectivity index (χ3n) is 13.1. The molecule has 0 spiro atoms. The summed E-state index contributed by atoms with van der Waals surface area (Å²) >= 11 is 0. The Morgan fingerprint density at radius 2 is 0.831 bits per heavy atom. The lowest BCUT2D eigenvalue weighted by Gasteiger charge is -2.27. The van der Waals surface area contributed by atoms with E-state index in [0.717, 1.165) is 66.9 Å². The van der Waals surface area contributed by atoms with Gasteiger partial charge < -0.3 is 13.9 Å². The second kappa shape index (κ2) is 15.0. The maximum atomic E-state index is 6.35. The highest BCUT2D eigenvalue weighted by atomic mass is 16.3. The van der Waals surface area contributed by atoms with Crippen molar-refractivity contribution in [2.75, 3.05) is 4.90 Å². The smallest absolute Gasteiger partial charge is 0.136 e. The molecule has 0 bridgehead atoms. The molecule has 0 fully saturated rings. The summed E-state index contributed by atoms with van der Waals surface area (Å²) in [5.74, 6) is 0. The molecule has 0 radical (unpaired) electrons. The van der Waals surface area contributed by atoms with Gasteiger partial charge in [0, 0.05) is 44.3 Å². The molecule has 304 valence electrons. The largest absolute Gasteiger partial charge is 0.456 e. The number of rotatable bonds is 7. The summed E-state index contributed by atoms with van der Waals surface area (Å²) in [7, 11) is 0. The number of hydrogen-bond acceptors (Lipinski definition) is 2. The van der Waals surface area contributed by atoms with Crippen molar-refractivity contribution in [1.29, 1.82) is 0 Å². The lowest BCUT2D eigenvalue weighted by Crippen LogP contribution is -2.10. The summed E-state index contributed by atoms with van der Waals surface area (Å²) in [6, 6.07) is 87.8. The highest BCUT2D eigenvalue weighted by Crippen LogP contribution is 2.42. The van der Waals surface area contributed by atoms with Crippen LogP contribution in [0.15, 0.2) is 247 Å². The molecule has 2 aromatic heterocycles. The van der Waals surface area contributed by atoms with Crippen molar-refractivity contribution in [2.24, 2.45) is 0 Å². The Labute approximate surface area is 376 Å². The van der Waals surface area contributed by atoms with Gasteiger partial charge in [0.1, 0.15) is 11.2 Å². The minimum Gasteiger partial charge on any atom is -0.456 e. The summed E-state index contributed by atoms with van der Waals surface area (Å²) in [5, 5.41) is 9.78. The maximum Gasteiger partial charge on any atom is 0.136 e. The fourth-order valence-electron chi connectivity index (χ4n) is 10.1. The zero-order valence-electron chi connectivity index (χ0n) is 35.4. The average molecular weight is 829 g/mol.